The highest BCUT2D eigenvalue weighted by molar-refractivity contribution is 7.89. The van der Waals surface area contributed by atoms with Crippen LogP contribution in [0.3, 0.4) is 0 Å². The first kappa shape index (κ1) is 36.1. The fraction of sp³-hybridized carbons (Fsp3) is 0.759. The van der Waals surface area contributed by atoms with Gasteiger partial charge in [0.1, 0.15) is 0 Å². The third-order valence-corrected chi connectivity index (χ3v) is 8.44. The summed E-state index contributed by atoms with van der Waals surface area (Å²) in [6.45, 7) is 9.53. The van der Waals surface area contributed by atoms with Crippen LogP contribution < -0.4 is 25.2 Å². The second-order valence-corrected chi connectivity index (χ2v) is 12.8. The first-order chi connectivity index (χ1) is 18.9. The third kappa shape index (κ3) is 14.1. The fourth-order valence-electron chi connectivity index (χ4n) is 4.35. The number of carbonyl (C=O) groups excluding carboxylic acids is 1. The van der Waals surface area contributed by atoms with Gasteiger partial charge in [0, 0.05) is 45.2 Å². The van der Waals surface area contributed by atoms with E-state index in [1.165, 1.54) is 0 Å². The molecule has 11 heteroatoms. The number of methoxy groups -OCH3 is 2. The summed E-state index contributed by atoms with van der Waals surface area (Å²) >= 11 is 0. The first-order valence-corrected chi connectivity index (χ1v) is 16.1. The van der Waals surface area contributed by atoms with Crippen LogP contribution in [-0.2, 0) is 26.0 Å². The maximum absolute atomic E-state index is 12.5. The van der Waals surface area contributed by atoms with Crippen LogP contribution in [0.2, 0.25) is 0 Å². The summed E-state index contributed by atoms with van der Waals surface area (Å²) in [5.74, 6) is 0.896. The number of amides is 1. The van der Waals surface area contributed by atoms with Crippen molar-refractivity contribution in [2.24, 2.45) is 23.5 Å². The van der Waals surface area contributed by atoms with Gasteiger partial charge < -0.3 is 30.4 Å². The molecule has 0 heterocycles. The lowest BCUT2D eigenvalue weighted by Crippen LogP contribution is -2.42. The molecule has 1 rings (SSSR count). The number of aliphatic hydroxyl groups excluding tert-OH is 1. The molecule has 0 aliphatic carbocycles. The predicted octanol–water partition coefficient (Wildman–Crippen LogP) is 2.87. The van der Waals surface area contributed by atoms with Gasteiger partial charge in [-0.1, -0.05) is 40.2 Å². The molecule has 1 amide bonds. The van der Waals surface area contributed by atoms with Crippen molar-refractivity contribution >= 4 is 15.9 Å². The lowest BCUT2D eigenvalue weighted by atomic mass is 9.82. The largest absolute Gasteiger partial charge is 0.493 e. The van der Waals surface area contributed by atoms with Gasteiger partial charge in [-0.3, -0.25) is 4.79 Å². The summed E-state index contributed by atoms with van der Waals surface area (Å²) in [7, 11) is -0.152. The van der Waals surface area contributed by atoms with Crippen LogP contribution in [0.5, 0.6) is 11.5 Å². The Labute approximate surface area is 241 Å². The number of nitrogens with two attached hydrogens (primary N) is 1. The molecule has 232 valence electrons. The molecule has 0 saturated heterocycles. The van der Waals surface area contributed by atoms with E-state index < -0.39 is 28.1 Å². The summed E-state index contributed by atoms with van der Waals surface area (Å²) in [6.07, 6.45) is 3.11. The Morgan fingerprint density at radius 3 is 2.40 bits per heavy atom. The molecule has 0 aromatic heterocycles. The van der Waals surface area contributed by atoms with Crippen molar-refractivity contribution in [3.63, 3.8) is 0 Å². The zero-order valence-corrected chi connectivity index (χ0v) is 26.1. The van der Waals surface area contributed by atoms with Crippen LogP contribution in [0.15, 0.2) is 18.2 Å². The second kappa shape index (κ2) is 19.2. The van der Waals surface area contributed by atoms with Crippen molar-refractivity contribution in [2.75, 3.05) is 46.3 Å². The molecule has 1 aromatic carbocycles. The van der Waals surface area contributed by atoms with Crippen LogP contribution in [0.1, 0.15) is 65.4 Å². The van der Waals surface area contributed by atoms with Crippen molar-refractivity contribution in [3.05, 3.63) is 23.8 Å². The van der Waals surface area contributed by atoms with E-state index in [0.29, 0.717) is 43.6 Å². The van der Waals surface area contributed by atoms with Gasteiger partial charge in [-0.05, 0) is 55.2 Å². The van der Waals surface area contributed by atoms with Crippen LogP contribution in [0, 0.1) is 17.8 Å². The van der Waals surface area contributed by atoms with Gasteiger partial charge in [0.25, 0.3) is 0 Å². The minimum Gasteiger partial charge on any atom is -0.493 e. The molecule has 0 spiro atoms. The van der Waals surface area contributed by atoms with E-state index in [1.807, 2.05) is 25.1 Å². The van der Waals surface area contributed by atoms with Gasteiger partial charge in [-0.15, -0.1) is 0 Å². The van der Waals surface area contributed by atoms with E-state index in [2.05, 4.69) is 23.9 Å². The van der Waals surface area contributed by atoms with Crippen molar-refractivity contribution in [3.8, 4) is 11.5 Å². The maximum atomic E-state index is 12.5. The number of aliphatic hydroxyl groups is 1. The Morgan fingerprint density at radius 1 is 1.05 bits per heavy atom. The quantitative estimate of drug-likeness (QED) is 0.151. The summed E-state index contributed by atoms with van der Waals surface area (Å²) < 4.78 is 43.0. The maximum Gasteiger partial charge on any atom is 0.222 e. The van der Waals surface area contributed by atoms with Crippen LogP contribution >= 0.6 is 0 Å². The van der Waals surface area contributed by atoms with E-state index in [1.54, 1.807) is 21.1 Å². The average Bonchev–Trinajstić information content (AvgIpc) is 2.90. The van der Waals surface area contributed by atoms with E-state index in [-0.39, 0.29) is 30.5 Å². The van der Waals surface area contributed by atoms with Gasteiger partial charge in [-0.25, -0.2) is 13.1 Å². The number of hydrogen-bond donors (Lipinski definition) is 4. The topological polar surface area (TPSA) is 149 Å². The number of rotatable bonds is 22. The SMILES string of the molecule is CCCCNS(=O)(=O)CCNC(=O)[C@H](C)C[C@H](O)[C@@H](N)C[C@H](Cc1ccc(OC)c(OCCCOC)c1)C(C)C. The van der Waals surface area contributed by atoms with Crippen molar-refractivity contribution in [1.29, 1.82) is 0 Å². The second-order valence-electron chi connectivity index (χ2n) is 10.8. The molecule has 0 radical (unpaired) electrons. The standard InChI is InChI=1S/C29H53N3O7S/c1-7-8-12-32-40(35,36)16-13-31-29(34)22(4)17-26(33)25(30)20-24(21(2)3)18-23-10-11-27(38-6)28(19-23)39-15-9-14-37-5/h10-11,19,21-22,24-26,32-33H,7-9,12-18,20,30H2,1-6H3,(H,31,34)/t22-,24+,25+,26+/m1/s1. The van der Waals surface area contributed by atoms with E-state index in [4.69, 9.17) is 19.9 Å². The Bertz CT molecular complexity index is 959. The van der Waals surface area contributed by atoms with E-state index in [9.17, 15) is 18.3 Å². The molecule has 0 saturated carbocycles. The molecule has 4 atom stereocenters. The van der Waals surface area contributed by atoms with E-state index in [0.717, 1.165) is 31.2 Å². The van der Waals surface area contributed by atoms with Gasteiger partial charge in [0.15, 0.2) is 11.5 Å². The van der Waals surface area contributed by atoms with Crippen molar-refractivity contribution in [1.82, 2.24) is 10.0 Å². The Kier molecular flexibility index (Phi) is 17.4. The van der Waals surface area contributed by atoms with E-state index >= 15 is 0 Å². The number of sulfonamides is 1. The summed E-state index contributed by atoms with van der Waals surface area (Å²) in [5, 5.41) is 13.5. The smallest absolute Gasteiger partial charge is 0.222 e. The lowest BCUT2D eigenvalue weighted by molar-refractivity contribution is -0.125. The summed E-state index contributed by atoms with van der Waals surface area (Å²) in [4.78, 5) is 12.5. The molecular weight excluding hydrogens is 534 g/mol. The summed E-state index contributed by atoms with van der Waals surface area (Å²) in [5.41, 5.74) is 7.51. The number of ether oxygens (including phenoxy) is 3. The molecule has 0 aliphatic rings. The first-order valence-electron chi connectivity index (χ1n) is 14.4. The molecule has 0 aliphatic heterocycles. The predicted molar refractivity (Wildman–Crippen MR) is 159 cm³/mol. The zero-order chi connectivity index (χ0) is 30.1. The van der Waals surface area contributed by atoms with Gasteiger partial charge in [0.05, 0.1) is 25.6 Å². The molecule has 40 heavy (non-hydrogen) atoms. The molecule has 5 N–H and O–H groups in total. The Morgan fingerprint density at radius 2 is 1.77 bits per heavy atom. The van der Waals surface area contributed by atoms with Crippen molar-refractivity contribution in [2.45, 2.75) is 78.4 Å². The number of hydrogen-bond acceptors (Lipinski definition) is 8. The molecule has 1 aromatic rings. The normalized spacial score (nSPS) is 14.9. The minimum absolute atomic E-state index is 0.0160. The summed E-state index contributed by atoms with van der Waals surface area (Å²) in [6, 6.07) is 5.41. The monoisotopic (exact) mass is 587 g/mol. The third-order valence-electron chi connectivity index (χ3n) is 7.05. The average molecular weight is 588 g/mol. The van der Waals surface area contributed by atoms with Crippen LogP contribution in [0.4, 0.5) is 0 Å². The highest BCUT2D eigenvalue weighted by atomic mass is 32.2. The number of nitrogens with one attached hydrogen (secondary N) is 2. The Balaban J connectivity index is 2.65. The van der Waals surface area contributed by atoms with Gasteiger partial charge in [-0.2, -0.15) is 0 Å². The number of unbranched alkanes of at least 4 members (excludes halogenated alkanes) is 1. The molecule has 0 unspecified atom stereocenters. The highest BCUT2D eigenvalue weighted by Gasteiger charge is 2.26. The van der Waals surface area contributed by atoms with Gasteiger partial charge in [0.2, 0.25) is 15.9 Å². The van der Waals surface area contributed by atoms with Crippen molar-refractivity contribution < 1.29 is 32.5 Å². The fourth-order valence-corrected chi connectivity index (χ4v) is 5.32. The molecular formula is C29H53N3O7S. The number of carbonyl (C=O) groups is 1. The molecule has 0 fully saturated rings. The van der Waals surface area contributed by atoms with Crippen LogP contribution in [0.25, 0.3) is 0 Å². The lowest BCUT2D eigenvalue weighted by Gasteiger charge is -2.28. The zero-order valence-electron chi connectivity index (χ0n) is 25.3. The molecule has 10 nitrogen and oxygen atoms in total. The highest BCUT2D eigenvalue weighted by Crippen LogP contribution is 2.31. The minimum atomic E-state index is -3.43. The molecule has 0 bridgehead atoms. The Hall–Kier alpha value is -1.92. The number of benzene rings is 1. The van der Waals surface area contributed by atoms with Gasteiger partial charge >= 0.3 is 0 Å². The van der Waals surface area contributed by atoms with Crippen LogP contribution in [-0.4, -0.2) is 77.9 Å².